The molecular formula is C23H22N2O3. The summed E-state index contributed by atoms with van der Waals surface area (Å²) in [6.07, 6.45) is -0.289. The van der Waals surface area contributed by atoms with Gasteiger partial charge in [-0.15, -0.1) is 0 Å². The monoisotopic (exact) mass is 374 g/mol. The van der Waals surface area contributed by atoms with E-state index in [0.717, 1.165) is 11.1 Å². The van der Waals surface area contributed by atoms with Crippen molar-refractivity contribution in [3.8, 4) is 0 Å². The highest BCUT2D eigenvalue weighted by atomic mass is 16.5. The maximum absolute atomic E-state index is 12.5. The first-order valence-corrected chi connectivity index (χ1v) is 9.01. The molecule has 0 aliphatic carbocycles. The summed E-state index contributed by atoms with van der Waals surface area (Å²) in [4.78, 5) is 23.7. The van der Waals surface area contributed by atoms with E-state index in [1.54, 1.807) is 24.3 Å². The van der Waals surface area contributed by atoms with Crippen LogP contribution in [0.1, 0.15) is 22.8 Å². The van der Waals surface area contributed by atoms with Crippen LogP contribution >= 0.6 is 0 Å². The number of nitrogens with two attached hydrogens (primary N) is 1. The van der Waals surface area contributed by atoms with Gasteiger partial charge in [-0.05, 0) is 22.8 Å². The van der Waals surface area contributed by atoms with E-state index in [1.165, 1.54) is 0 Å². The summed E-state index contributed by atoms with van der Waals surface area (Å²) in [5.41, 5.74) is 8.44. The maximum Gasteiger partial charge on any atom is 0.250 e. The number of para-hydroxylation sites is 1. The van der Waals surface area contributed by atoms with E-state index >= 15 is 0 Å². The van der Waals surface area contributed by atoms with Crippen LogP contribution in [-0.2, 0) is 20.7 Å². The van der Waals surface area contributed by atoms with Crippen LogP contribution in [-0.4, -0.2) is 18.4 Å². The fourth-order valence-electron chi connectivity index (χ4n) is 2.97. The molecule has 0 radical (unpaired) electrons. The average Bonchev–Trinajstić information content (AvgIpc) is 2.71. The molecule has 0 heterocycles. The number of carbonyl (C=O) groups excluding carboxylic acids is 2. The van der Waals surface area contributed by atoms with Gasteiger partial charge in [-0.25, -0.2) is 0 Å². The Labute approximate surface area is 164 Å². The number of carbonyl (C=O) groups is 2. The molecule has 0 aliphatic rings. The van der Waals surface area contributed by atoms with Gasteiger partial charge in [0.25, 0.3) is 0 Å². The third-order valence-electron chi connectivity index (χ3n) is 4.24. The third kappa shape index (κ3) is 5.28. The second-order valence-corrected chi connectivity index (χ2v) is 6.36. The van der Waals surface area contributed by atoms with Crippen LogP contribution in [0.15, 0.2) is 84.9 Å². The molecule has 3 aromatic rings. The van der Waals surface area contributed by atoms with Crippen LogP contribution in [0.2, 0.25) is 0 Å². The molecule has 142 valence electrons. The highest BCUT2D eigenvalue weighted by Crippen LogP contribution is 2.25. The zero-order chi connectivity index (χ0) is 19.8. The van der Waals surface area contributed by atoms with E-state index in [9.17, 15) is 9.59 Å². The molecule has 0 aromatic heterocycles. The lowest BCUT2D eigenvalue weighted by Gasteiger charge is -2.19. The lowest BCUT2D eigenvalue weighted by atomic mass is 10.0. The van der Waals surface area contributed by atoms with Gasteiger partial charge in [-0.2, -0.15) is 0 Å². The number of nitrogens with one attached hydrogen (secondary N) is 1. The molecule has 0 unspecified atom stereocenters. The van der Waals surface area contributed by atoms with E-state index in [4.69, 9.17) is 10.5 Å². The van der Waals surface area contributed by atoms with Crippen molar-refractivity contribution in [3.63, 3.8) is 0 Å². The molecule has 28 heavy (non-hydrogen) atoms. The average molecular weight is 374 g/mol. The number of rotatable bonds is 8. The molecule has 5 nitrogen and oxygen atoms in total. The summed E-state index contributed by atoms with van der Waals surface area (Å²) in [7, 11) is 0. The number of ether oxygens (including phenoxy) is 1. The number of amides is 2. The van der Waals surface area contributed by atoms with E-state index in [0.29, 0.717) is 11.3 Å². The van der Waals surface area contributed by atoms with E-state index in [2.05, 4.69) is 5.32 Å². The van der Waals surface area contributed by atoms with Gasteiger partial charge in [0.1, 0.15) is 12.7 Å². The fourth-order valence-corrected chi connectivity index (χ4v) is 2.97. The first-order valence-electron chi connectivity index (χ1n) is 9.01. The minimum atomic E-state index is -0.453. The van der Waals surface area contributed by atoms with Crippen molar-refractivity contribution in [2.24, 2.45) is 5.73 Å². The van der Waals surface area contributed by atoms with Gasteiger partial charge in [0.2, 0.25) is 11.8 Å². The Kier molecular flexibility index (Phi) is 6.54. The van der Waals surface area contributed by atoms with Crippen LogP contribution in [0.4, 0.5) is 5.69 Å². The predicted molar refractivity (Wildman–Crippen MR) is 109 cm³/mol. The molecule has 2 amide bonds. The highest BCUT2D eigenvalue weighted by molar-refractivity contribution is 5.93. The molecule has 3 aromatic carbocycles. The van der Waals surface area contributed by atoms with Gasteiger partial charge in [0.05, 0.1) is 6.42 Å². The lowest BCUT2D eigenvalue weighted by Crippen LogP contribution is -2.22. The molecular weight excluding hydrogens is 352 g/mol. The molecule has 0 atom stereocenters. The Morgan fingerprint density at radius 3 is 1.93 bits per heavy atom. The SMILES string of the molecule is NC(=O)Cc1ccccc1NC(=O)COC(c1ccccc1)c1ccccc1. The topological polar surface area (TPSA) is 81.4 Å². The Hall–Kier alpha value is -3.44. The zero-order valence-corrected chi connectivity index (χ0v) is 15.4. The van der Waals surface area contributed by atoms with Crippen molar-refractivity contribution >= 4 is 17.5 Å². The number of primary amides is 1. The second-order valence-electron chi connectivity index (χ2n) is 6.36. The molecule has 5 heteroatoms. The van der Waals surface area contributed by atoms with Crippen molar-refractivity contribution in [1.82, 2.24) is 0 Å². The molecule has 0 aliphatic heterocycles. The van der Waals surface area contributed by atoms with Crippen LogP contribution in [0.3, 0.4) is 0 Å². The highest BCUT2D eigenvalue weighted by Gasteiger charge is 2.17. The van der Waals surface area contributed by atoms with Crippen molar-refractivity contribution < 1.29 is 14.3 Å². The molecule has 3 N–H and O–H groups in total. The number of benzene rings is 3. The third-order valence-corrected chi connectivity index (χ3v) is 4.24. The standard InChI is InChI=1S/C23H22N2O3/c24-21(26)15-19-13-7-8-14-20(19)25-22(27)16-28-23(17-9-3-1-4-10-17)18-11-5-2-6-12-18/h1-14,23H,15-16H2,(H2,24,26)(H,25,27). The van der Waals surface area contributed by atoms with Crippen LogP contribution in [0.25, 0.3) is 0 Å². The van der Waals surface area contributed by atoms with Gasteiger partial charge < -0.3 is 15.8 Å². The summed E-state index contributed by atoms with van der Waals surface area (Å²) in [6.45, 7) is -0.126. The number of anilines is 1. The largest absolute Gasteiger partial charge is 0.369 e. The van der Waals surface area contributed by atoms with Crippen LogP contribution < -0.4 is 11.1 Å². The van der Waals surface area contributed by atoms with Crippen molar-refractivity contribution in [2.45, 2.75) is 12.5 Å². The molecule has 0 fully saturated rings. The first kappa shape index (κ1) is 19.3. The summed E-state index contributed by atoms with van der Waals surface area (Å²) in [6, 6.07) is 26.6. The maximum atomic E-state index is 12.5. The van der Waals surface area contributed by atoms with Crippen molar-refractivity contribution in [3.05, 3.63) is 102 Å². The van der Waals surface area contributed by atoms with E-state index in [1.807, 2.05) is 60.7 Å². The van der Waals surface area contributed by atoms with Gasteiger partial charge in [-0.3, -0.25) is 9.59 Å². The lowest BCUT2D eigenvalue weighted by molar-refractivity contribution is -0.122. The normalized spacial score (nSPS) is 10.6. The van der Waals surface area contributed by atoms with Crippen molar-refractivity contribution in [2.75, 3.05) is 11.9 Å². The van der Waals surface area contributed by atoms with Gasteiger partial charge >= 0.3 is 0 Å². The smallest absolute Gasteiger partial charge is 0.250 e. The van der Waals surface area contributed by atoms with E-state index in [-0.39, 0.29) is 25.0 Å². The van der Waals surface area contributed by atoms with E-state index < -0.39 is 5.91 Å². The predicted octanol–water partition coefficient (Wildman–Crippen LogP) is 3.46. The summed E-state index contributed by atoms with van der Waals surface area (Å²) in [5.74, 6) is -0.750. The van der Waals surface area contributed by atoms with Gasteiger partial charge in [0.15, 0.2) is 0 Å². The molecule has 3 rings (SSSR count). The Morgan fingerprint density at radius 1 is 0.821 bits per heavy atom. The molecule has 0 spiro atoms. The number of hydrogen-bond acceptors (Lipinski definition) is 3. The summed E-state index contributed by atoms with van der Waals surface area (Å²) >= 11 is 0. The Balaban J connectivity index is 1.70. The molecule has 0 saturated carbocycles. The van der Waals surface area contributed by atoms with Crippen LogP contribution in [0, 0.1) is 0 Å². The number of hydrogen-bond donors (Lipinski definition) is 2. The summed E-state index contributed by atoms with van der Waals surface area (Å²) < 4.78 is 5.97. The van der Waals surface area contributed by atoms with Crippen molar-refractivity contribution in [1.29, 1.82) is 0 Å². The Morgan fingerprint density at radius 2 is 1.36 bits per heavy atom. The minimum Gasteiger partial charge on any atom is -0.369 e. The first-order chi connectivity index (χ1) is 13.6. The van der Waals surface area contributed by atoms with Gasteiger partial charge in [0, 0.05) is 5.69 Å². The quantitative estimate of drug-likeness (QED) is 0.633. The van der Waals surface area contributed by atoms with Crippen LogP contribution in [0.5, 0.6) is 0 Å². The molecule has 0 bridgehead atoms. The minimum absolute atomic E-state index is 0.0635. The Bertz CT molecular complexity index is 887. The summed E-state index contributed by atoms with van der Waals surface area (Å²) in [5, 5.41) is 2.80. The molecule has 0 saturated heterocycles. The second kappa shape index (κ2) is 9.48. The zero-order valence-electron chi connectivity index (χ0n) is 15.4. The van der Waals surface area contributed by atoms with Gasteiger partial charge in [-0.1, -0.05) is 78.9 Å². The fraction of sp³-hybridized carbons (Fsp3) is 0.130.